The minimum absolute atomic E-state index is 0.0818. The Kier molecular flexibility index (Phi) is 4.12. The first kappa shape index (κ1) is 16.3. The molecular formula is C15H18ClN3O3S. The van der Waals surface area contributed by atoms with Crippen molar-refractivity contribution in [3.05, 3.63) is 35.0 Å². The van der Waals surface area contributed by atoms with Crippen LogP contribution in [0.3, 0.4) is 0 Å². The maximum absolute atomic E-state index is 12.7. The van der Waals surface area contributed by atoms with E-state index in [0.717, 1.165) is 10.9 Å². The first-order valence-corrected chi connectivity index (χ1v) is 9.38. The third-order valence-electron chi connectivity index (χ3n) is 4.27. The van der Waals surface area contributed by atoms with E-state index in [2.05, 4.69) is 0 Å². The monoisotopic (exact) mass is 355 g/mol. The SMILES string of the molecule is Cn1c(C(=O)N2CC[C@H](CS(N)(=O)=O)C2)cc2ccc(Cl)cc21. The number of nitrogens with two attached hydrogens (primary N) is 1. The molecule has 124 valence electrons. The molecule has 0 spiro atoms. The van der Waals surface area contributed by atoms with Crippen molar-refractivity contribution in [2.75, 3.05) is 18.8 Å². The van der Waals surface area contributed by atoms with E-state index in [9.17, 15) is 13.2 Å². The highest BCUT2D eigenvalue weighted by Gasteiger charge is 2.30. The van der Waals surface area contributed by atoms with Gasteiger partial charge in [-0.15, -0.1) is 0 Å². The molecule has 1 aromatic heterocycles. The molecule has 2 N–H and O–H groups in total. The number of hydrogen-bond acceptors (Lipinski definition) is 3. The molecule has 6 nitrogen and oxygen atoms in total. The van der Waals surface area contributed by atoms with Gasteiger partial charge in [-0.1, -0.05) is 17.7 Å². The summed E-state index contributed by atoms with van der Waals surface area (Å²) in [6, 6.07) is 7.32. The van der Waals surface area contributed by atoms with Gasteiger partial charge in [0.1, 0.15) is 5.69 Å². The van der Waals surface area contributed by atoms with E-state index in [1.807, 2.05) is 29.8 Å². The summed E-state index contributed by atoms with van der Waals surface area (Å²) in [6.07, 6.45) is 0.651. The average molecular weight is 356 g/mol. The molecule has 0 saturated carbocycles. The predicted molar refractivity (Wildman–Crippen MR) is 89.9 cm³/mol. The van der Waals surface area contributed by atoms with Gasteiger partial charge in [0.15, 0.2) is 0 Å². The number of hydrogen-bond donors (Lipinski definition) is 1. The van der Waals surface area contributed by atoms with Crippen molar-refractivity contribution < 1.29 is 13.2 Å². The minimum atomic E-state index is -3.51. The molecule has 2 heterocycles. The lowest BCUT2D eigenvalue weighted by molar-refractivity contribution is 0.0779. The molecule has 1 fully saturated rings. The number of sulfonamides is 1. The van der Waals surface area contributed by atoms with Gasteiger partial charge in [-0.25, -0.2) is 13.6 Å². The fourth-order valence-electron chi connectivity index (χ4n) is 3.15. The van der Waals surface area contributed by atoms with Crippen LogP contribution in [0.4, 0.5) is 0 Å². The van der Waals surface area contributed by atoms with E-state index in [1.54, 1.807) is 11.0 Å². The molecule has 1 amide bonds. The molecule has 1 aromatic carbocycles. The van der Waals surface area contributed by atoms with Crippen LogP contribution in [0.2, 0.25) is 5.02 Å². The molecule has 0 bridgehead atoms. The zero-order chi connectivity index (χ0) is 16.8. The molecule has 23 heavy (non-hydrogen) atoms. The lowest BCUT2D eigenvalue weighted by atomic mass is 10.2. The van der Waals surface area contributed by atoms with Crippen molar-refractivity contribution in [2.45, 2.75) is 6.42 Å². The van der Waals surface area contributed by atoms with Crippen LogP contribution in [0.25, 0.3) is 10.9 Å². The molecule has 2 aromatic rings. The number of benzene rings is 1. The van der Waals surface area contributed by atoms with Crippen LogP contribution in [0.1, 0.15) is 16.9 Å². The summed E-state index contributed by atoms with van der Waals surface area (Å²) in [7, 11) is -1.69. The third-order valence-corrected chi connectivity index (χ3v) is 5.44. The fourth-order valence-corrected chi connectivity index (χ4v) is 4.25. The van der Waals surface area contributed by atoms with Crippen molar-refractivity contribution >= 4 is 38.4 Å². The first-order valence-electron chi connectivity index (χ1n) is 7.29. The lowest BCUT2D eigenvalue weighted by Crippen LogP contribution is -2.31. The zero-order valence-corrected chi connectivity index (χ0v) is 14.3. The van der Waals surface area contributed by atoms with Crippen molar-refractivity contribution in [1.29, 1.82) is 0 Å². The summed E-state index contributed by atoms with van der Waals surface area (Å²) in [5.74, 6) is -0.281. The predicted octanol–water partition coefficient (Wildman–Crippen LogP) is 1.58. The molecule has 8 heteroatoms. The average Bonchev–Trinajstić information content (AvgIpc) is 3.02. The largest absolute Gasteiger partial charge is 0.340 e. The normalized spacial score (nSPS) is 18.7. The summed E-state index contributed by atoms with van der Waals surface area (Å²) in [4.78, 5) is 14.4. The third kappa shape index (κ3) is 3.36. The number of carbonyl (C=O) groups is 1. The highest BCUT2D eigenvalue weighted by atomic mass is 35.5. The molecule has 1 saturated heterocycles. The van der Waals surface area contributed by atoms with Gasteiger partial charge in [0.2, 0.25) is 10.0 Å². The summed E-state index contributed by atoms with van der Waals surface area (Å²) < 4.78 is 24.2. The number of aromatic nitrogens is 1. The Labute approximate surface area is 139 Å². The Morgan fingerprint density at radius 2 is 2.13 bits per heavy atom. The van der Waals surface area contributed by atoms with Crippen molar-refractivity contribution in [2.24, 2.45) is 18.1 Å². The topological polar surface area (TPSA) is 85.4 Å². The quantitative estimate of drug-likeness (QED) is 0.907. The number of halogens is 1. The summed E-state index contributed by atoms with van der Waals surface area (Å²) in [5, 5.41) is 6.65. The maximum Gasteiger partial charge on any atom is 0.270 e. The van der Waals surface area contributed by atoms with Crippen LogP contribution in [-0.4, -0.2) is 42.6 Å². The number of aryl methyl sites for hydroxylation is 1. The van der Waals surface area contributed by atoms with Gasteiger partial charge in [0.25, 0.3) is 5.91 Å². The van der Waals surface area contributed by atoms with Gasteiger partial charge in [-0.2, -0.15) is 0 Å². The zero-order valence-electron chi connectivity index (χ0n) is 12.7. The second kappa shape index (κ2) is 5.81. The molecule has 0 unspecified atom stereocenters. The maximum atomic E-state index is 12.7. The van der Waals surface area contributed by atoms with Crippen LogP contribution in [0, 0.1) is 5.92 Å². The Balaban J connectivity index is 1.83. The first-order chi connectivity index (χ1) is 10.7. The molecule has 1 aliphatic heterocycles. The molecule has 0 aliphatic carbocycles. The van der Waals surface area contributed by atoms with Crippen molar-refractivity contribution in [1.82, 2.24) is 9.47 Å². The Hall–Kier alpha value is -1.57. The second-order valence-corrected chi connectivity index (χ2v) is 8.12. The number of primary sulfonamides is 1. The van der Waals surface area contributed by atoms with Gasteiger partial charge in [0.05, 0.1) is 5.75 Å². The van der Waals surface area contributed by atoms with E-state index in [1.165, 1.54) is 0 Å². The molecule has 1 atom stereocenters. The number of likely N-dealkylation sites (tertiary alicyclic amines) is 1. The summed E-state index contributed by atoms with van der Waals surface area (Å²) in [6.45, 7) is 0.957. The Morgan fingerprint density at radius 3 is 2.83 bits per heavy atom. The lowest BCUT2D eigenvalue weighted by Gasteiger charge is -2.17. The Morgan fingerprint density at radius 1 is 1.39 bits per heavy atom. The molecule has 1 aliphatic rings. The minimum Gasteiger partial charge on any atom is -0.340 e. The number of amides is 1. The smallest absolute Gasteiger partial charge is 0.270 e. The number of fused-ring (bicyclic) bond motifs is 1. The van der Waals surface area contributed by atoms with Gasteiger partial charge in [0, 0.05) is 36.1 Å². The molecule has 3 rings (SSSR count). The van der Waals surface area contributed by atoms with Crippen LogP contribution in [0.15, 0.2) is 24.3 Å². The van der Waals surface area contributed by atoms with E-state index in [-0.39, 0.29) is 17.6 Å². The second-order valence-electron chi connectivity index (χ2n) is 6.03. The van der Waals surface area contributed by atoms with Crippen LogP contribution < -0.4 is 5.14 Å². The van der Waals surface area contributed by atoms with Crippen LogP contribution >= 0.6 is 11.6 Å². The summed E-state index contributed by atoms with van der Waals surface area (Å²) in [5.41, 5.74) is 1.46. The van der Waals surface area contributed by atoms with E-state index in [0.29, 0.717) is 30.2 Å². The number of nitrogens with zero attached hydrogens (tertiary/aromatic N) is 2. The van der Waals surface area contributed by atoms with E-state index < -0.39 is 10.0 Å². The number of rotatable bonds is 3. The molecular weight excluding hydrogens is 338 g/mol. The Bertz CT molecular complexity index is 875. The molecule has 0 radical (unpaired) electrons. The highest BCUT2D eigenvalue weighted by Crippen LogP contribution is 2.25. The van der Waals surface area contributed by atoms with E-state index >= 15 is 0 Å². The van der Waals surface area contributed by atoms with Gasteiger partial charge >= 0.3 is 0 Å². The van der Waals surface area contributed by atoms with Crippen molar-refractivity contribution in [3.63, 3.8) is 0 Å². The van der Waals surface area contributed by atoms with Crippen LogP contribution in [0.5, 0.6) is 0 Å². The highest BCUT2D eigenvalue weighted by molar-refractivity contribution is 7.89. The van der Waals surface area contributed by atoms with Crippen molar-refractivity contribution in [3.8, 4) is 0 Å². The van der Waals surface area contributed by atoms with Crippen LogP contribution in [-0.2, 0) is 17.1 Å². The van der Waals surface area contributed by atoms with E-state index in [4.69, 9.17) is 16.7 Å². The summed E-state index contributed by atoms with van der Waals surface area (Å²) >= 11 is 6.01. The number of carbonyl (C=O) groups excluding carboxylic acids is 1. The van der Waals surface area contributed by atoms with Gasteiger partial charge < -0.3 is 9.47 Å². The fraction of sp³-hybridized carbons (Fsp3) is 0.400. The van der Waals surface area contributed by atoms with Gasteiger partial charge in [-0.05, 0) is 30.5 Å². The van der Waals surface area contributed by atoms with Gasteiger partial charge in [-0.3, -0.25) is 4.79 Å². The standard InChI is InChI=1S/C15H18ClN3O3S/c1-18-13-7-12(16)3-2-11(13)6-14(18)15(20)19-5-4-10(8-19)9-23(17,21)22/h2-3,6-7,10H,4-5,8-9H2,1H3,(H2,17,21,22)/t10-/m0/s1.